The lowest BCUT2D eigenvalue weighted by Gasteiger charge is -2.37. The van der Waals surface area contributed by atoms with Crippen molar-refractivity contribution in [1.82, 2.24) is 9.80 Å². The smallest absolute Gasteiger partial charge is 0.289 e. The quantitative estimate of drug-likeness (QED) is 0.928. The van der Waals surface area contributed by atoms with Crippen molar-refractivity contribution in [3.8, 4) is 0 Å². The van der Waals surface area contributed by atoms with E-state index in [2.05, 4.69) is 4.90 Å². The Morgan fingerprint density at radius 2 is 1.95 bits per heavy atom. The molecule has 1 amide bonds. The maximum absolute atomic E-state index is 12.2. The van der Waals surface area contributed by atoms with E-state index in [0.717, 1.165) is 13.1 Å². The van der Waals surface area contributed by atoms with Gasteiger partial charge in [-0.15, -0.1) is 0 Å². The largest absolute Gasteiger partial charge is 0.440 e. The third kappa shape index (κ3) is 4.22. The Morgan fingerprint density at radius 3 is 2.43 bits per heavy atom. The first-order valence-electron chi connectivity index (χ1n) is 7.22. The van der Waals surface area contributed by atoms with Gasteiger partial charge in [0.15, 0.2) is 11.0 Å². The number of halogens is 1. The minimum absolute atomic E-state index is 0.127. The van der Waals surface area contributed by atoms with Crippen LogP contribution in [0.4, 0.5) is 0 Å². The van der Waals surface area contributed by atoms with Gasteiger partial charge in [-0.2, -0.15) is 0 Å². The molecule has 1 saturated heterocycles. The average molecular weight is 315 g/mol. The van der Waals surface area contributed by atoms with Gasteiger partial charge in [0.05, 0.1) is 6.10 Å². The summed E-state index contributed by atoms with van der Waals surface area (Å²) in [4.78, 5) is 16.2. The zero-order chi connectivity index (χ0) is 15.6. The van der Waals surface area contributed by atoms with Crippen LogP contribution in [0.1, 0.15) is 31.3 Å². The Morgan fingerprint density at radius 1 is 1.33 bits per heavy atom. The van der Waals surface area contributed by atoms with Gasteiger partial charge in [-0.25, -0.2) is 0 Å². The molecular formula is C15H23ClN2O3. The Labute approximate surface area is 130 Å². The minimum atomic E-state index is -0.372. The predicted molar refractivity (Wildman–Crippen MR) is 81.5 cm³/mol. The summed E-state index contributed by atoms with van der Waals surface area (Å²) in [6.45, 7) is 9.50. The first kappa shape index (κ1) is 16.3. The SMILES string of the molecule is CC(C)(C)[C@H](O)CN1CCN(C(=O)c2ccc(Cl)o2)CC1. The number of carbonyl (C=O) groups is 1. The van der Waals surface area contributed by atoms with E-state index in [4.69, 9.17) is 16.0 Å². The Hall–Kier alpha value is -1.04. The van der Waals surface area contributed by atoms with E-state index >= 15 is 0 Å². The number of hydrogen-bond donors (Lipinski definition) is 1. The molecule has 0 unspecified atom stereocenters. The lowest BCUT2D eigenvalue weighted by Crippen LogP contribution is -2.51. The molecule has 0 bridgehead atoms. The number of carbonyl (C=O) groups excluding carboxylic acids is 1. The van der Waals surface area contributed by atoms with Crippen LogP contribution in [0.15, 0.2) is 16.5 Å². The molecule has 0 aromatic carbocycles. The van der Waals surface area contributed by atoms with Gasteiger partial charge in [0.1, 0.15) is 0 Å². The van der Waals surface area contributed by atoms with Crippen LogP contribution < -0.4 is 0 Å². The summed E-state index contributed by atoms with van der Waals surface area (Å²) < 4.78 is 5.16. The highest BCUT2D eigenvalue weighted by Crippen LogP contribution is 2.21. The maximum Gasteiger partial charge on any atom is 0.289 e. The molecule has 1 fully saturated rings. The summed E-state index contributed by atoms with van der Waals surface area (Å²) in [5.74, 6) is 0.154. The topological polar surface area (TPSA) is 56.9 Å². The van der Waals surface area contributed by atoms with E-state index in [1.165, 1.54) is 0 Å². The van der Waals surface area contributed by atoms with Crippen molar-refractivity contribution < 1.29 is 14.3 Å². The lowest BCUT2D eigenvalue weighted by atomic mass is 9.89. The fourth-order valence-corrected chi connectivity index (χ4v) is 2.38. The van der Waals surface area contributed by atoms with Gasteiger partial charge < -0.3 is 14.4 Å². The zero-order valence-corrected chi connectivity index (χ0v) is 13.6. The third-order valence-corrected chi connectivity index (χ3v) is 4.08. The molecule has 0 spiro atoms. The average Bonchev–Trinajstić information content (AvgIpc) is 2.84. The number of piperazine rings is 1. The maximum atomic E-state index is 12.2. The summed E-state index contributed by atoms with van der Waals surface area (Å²) in [5, 5.41) is 10.4. The second-order valence-electron chi connectivity index (χ2n) is 6.58. The number of rotatable bonds is 3. The number of hydrogen-bond acceptors (Lipinski definition) is 4. The van der Waals surface area contributed by atoms with Crippen molar-refractivity contribution in [3.63, 3.8) is 0 Å². The summed E-state index contributed by atoms with van der Waals surface area (Å²) in [7, 11) is 0. The van der Waals surface area contributed by atoms with Gasteiger partial charge in [-0.3, -0.25) is 9.69 Å². The Balaban J connectivity index is 1.84. The van der Waals surface area contributed by atoms with Crippen molar-refractivity contribution in [1.29, 1.82) is 0 Å². The number of furan rings is 1. The Kier molecular flexibility index (Phi) is 4.96. The number of amides is 1. The molecule has 0 aliphatic carbocycles. The highest BCUT2D eigenvalue weighted by atomic mass is 35.5. The first-order valence-corrected chi connectivity index (χ1v) is 7.60. The summed E-state index contributed by atoms with van der Waals surface area (Å²) >= 11 is 5.69. The van der Waals surface area contributed by atoms with E-state index in [1.54, 1.807) is 17.0 Å². The summed E-state index contributed by atoms with van der Waals surface area (Å²) in [6, 6.07) is 3.17. The lowest BCUT2D eigenvalue weighted by molar-refractivity contribution is 0.0131. The monoisotopic (exact) mass is 314 g/mol. The first-order chi connectivity index (χ1) is 9.77. The molecule has 1 atom stereocenters. The van der Waals surface area contributed by atoms with Gasteiger partial charge in [0, 0.05) is 32.7 Å². The second kappa shape index (κ2) is 6.38. The highest BCUT2D eigenvalue weighted by molar-refractivity contribution is 6.29. The van der Waals surface area contributed by atoms with Gasteiger partial charge in [0.25, 0.3) is 5.91 Å². The standard InChI is InChI=1S/C15H23ClN2O3/c1-15(2,3)12(19)10-17-6-8-18(9-7-17)14(20)11-4-5-13(16)21-11/h4-5,12,19H,6-10H2,1-3H3/t12-/m1/s1. The van der Waals surface area contributed by atoms with E-state index in [1.807, 2.05) is 20.8 Å². The third-order valence-electron chi connectivity index (χ3n) is 3.87. The number of aliphatic hydroxyl groups is 1. The van der Waals surface area contributed by atoms with Crippen LogP contribution >= 0.6 is 11.6 Å². The van der Waals surface area contributed by atoms with Crippen molar-refractivity contribution in [2.75, 3.05) is 32.7 Å². The molecule has 1 aromatic rings. The zero-order valence-electron chi connectivity index (χ0n) is 12.8. The molecule has 6 heteroatoms. The second-order valence-corrected chi connectivity index (χ2v) is 6.95. The molecule has 2 rings (SSSR count). The van der Waals surface area contributed by atoms with E-state index in [-0.39, 0.29) is 28.4 Å². The fourth-order valence-electron chi connectivity index (χ4n) is 2.24. The minimum Gasteiger partial charge on any atom is -0.440 e. The molecule has 1 aromatic heterocycles. The molecule has 1 aliphatic heterocycles. The van der Waals surface area contributed by atoms with Crippen molar-refractivity contribution in [2.45, 2.75) is 26.9 Å². The van der Waals surface area contributed by atoms with Crippen LogP contribution in [0, 0.1) is 5.41 Å². The number of aliphatic hydroxyl groups excluding tert-OH is 1. The number of nitrogens with zero attached hydrogens (tertiary/aromatic N) is 2. The molecule has 5 nitrogen and oxygen atoms in total. The van der Waals surface area contributed by atoms with Crippen LogP contribution in [0.5, 0.6) is 0 Å². The van der Waals surface area contributed by atoms with Crippen molar-refractivity contribution in [3.05, 3.63) is 23.1 Å². The van der Waals surface area contributed by atoms with E-state index in [9.17, 15) is 9.90 Å². The van der Waals surface area contributed by atoms with Crippen LogP contribution in [-0.4, -0.2) is 59.6 Å². The van der Waals surface area contributed by atoms with E-state index < -0.39 is 0 Å². The fraction of sp³-hybridized carbons (Fsp3) is 0.667. The van der Waals surface area contributed by atoms with Crippen molar-refractivity contribution >= 4 is 17.5 Å². The highest BCUT2D eigenvalue weighted by Gasteiger charge is 2.28. The van der Waals surface area contributed by atoms with Gasteiger partial charge >= 0.3 is 0 Å². The molecule has 0 saturated carbocycles. The van der Waals surface area contributed by atoms with Crippen molar-refractivity contribution in [2.24, 2.45) is 5.41 Å². The number of β-amino-alcohol motifs (C(OH)–C–C–N with tert-alkyl or cyclic N) is 1. The molecule has 1 aliphatic rings. The molecule has 1 N–H and O–H groups in total. The van der Waals surface area contributed by atoms with Crippen LogP contribution in [0.2, 0.25) is 5.22 Å². The summed E-state index contributed by atoms with van der Waals surface area (Å²) in [6.07, 6.45) is -0.372. The molecule has 118 valence electrons. The Bertz CT molecular complexity index is 487. The molecular weight excluding hydrogens is 292 g/mol. The van der Waals surface area contributed by atoms with Crippen LogP contribution in [0.3, 0.4) is 0 Å². The van der Waals surface area contributed by atoms with E-state index in [0.29, 0.717) is 19.6 Å². The van der Waals surface area contributed by atoms with Crippen LogP contribution in [-0.2, 0) is 0 Å². The molecule has 0 radical (unpaired) electrons. The molecule has 21 heavy (non-hydrogen) atoms. The normalized spacial score (nSPS) is 18.8. The van der Waals surface area contributed by atoms with Gasteiger partial charge in [-0.1, -0.05) is 20.8 Å². The van der Waals surface area contributed by atoms with Gasteiger partial charge in [0.2, 0.25) is 0 Å². The van der Waals surface area contributed by atoms with Crippen LogP contribution in [0.25, 0.3) is 0 Å². The molecule has 2 heterocycles. The van der Waals surface area contributed by atoms with Gasteiger partial charge in [-0.05, 0) is 29.1 Å². The predicted octanol–water partition coefficient (Wildman–Crippen LogP) is 2.10. The summed E-state index contributed by atoms with van der Waals surface area (Å²) in [5.41, 5.74) is -0.127.